The second-order valence-electron chi connectivity index (χ2n) is 4.08. The van der Waals surface area contributed by atoms with E-state index in [4.69, 9.17) is 5.11 Å². The number of carboxylic acid groups (broad SMARTS) is 1. The summed E-state index contributed by atoms with van der Waals surface area (Å²) >= 11 is 0. The average molecular weight is 261 g/mol. The molecule has 0 aromatic heterocycles. The van der Waals surface area contributed by atoms with E-state index in [1.807, 2.05) is 0 Å². The highest BCUT2D eigenvalue weighted by atomic mass is 19.4. The highest BCUT2D eigenvalue weighted by Crippen LogP contribution is 2.19. The Morgan fingerprint density at radius 1 is 1.33 bits per heavy atom. The van der Waals surface area contributed by atoms with Crippen molar-refractivity contribution in [3.8, 4) is 0 Å². The van der Waals surface area contributed by atoms with Crippen LogP contribution < -0.4 is 0 Å². The van der Waals surface area contributed by atoms with E-state index < -0.39 is 25.2 Å². The van der Waals surface area contributed by atoms with Crippen molar-refractivity contribution in [3.05, 3.63) is 35.4 Å². The Bertz CT molecular complexity index is 418. The number of nitrogens with zero attached hydrogens (tertiary/aromatic N) is 1. The number of alkyl halides is 3. The third-order valence-corrected chi connectivity index (χ3v) is 2.42. The third-order valence-electron chi connectivity index (χ3n) is 2.42. The van der Waals surface area contributed by atoms with Crippen LogP contribution in [0.1, 0.15) is 11.1 Å². The average Bonchev–Trinajstić information content (AvgIpc) is 2.17. The fraction of sp³-hybridized carbons (Fsp3) is 0.417. The molecule has 1 rings (SSSR count). The Balaban J connectivity index is 2.78. The monoisotopic (exact) mass is 261 g/mol. The summed E-state index contributed by atoms with van der Waals surface area (Å²) in [4.78, 5) is 11.4. The first-order chi connectivity index (χ1) is 8.28. The van der Waals surface area contributed by atoms with Crippen LogP contribution in [0.4, 0.5) is 13.2 Å². The van der Waals surface area contributed by atoms with Gasteiger partial charge in [0.2, 0.25) is 0 Å². The van der Waals surface area contributed by atoms with Crippen LogP contribution in [0.5, 0.6) is 0 Å². The fourth-order valence-corrected chi connectivity index (χ4v) is 1.64. The van der Waals surface area contributed by atoms with Gasteiger partial charge in [-0.15, -0.1) is 0 Å². The van der Waals surface area contributed by atoms with Crippen molar-refractivity contribution in [1.82, 2.24) is 4.90 Å². The maximum absolute atomic E-state index is 12.3. The van der Waals surface area contributed by atoms with Crippen LogP contribution in [0.3, 0.4) is 0 Å². The first-order valence-corrected chi connectivity index (χ1v) is 5.33. The number of halogens is 3. The number of hydrogen-bond donors (Lipinski definition) is 1. The van der Waals surface area contributed by atoms with Crippen molar-refractivity contribution in [3.63, 3.8) is 0 Å². The largest absolute Gasteiger partial charge is 0.480 e. The summed E-state index contributed by atoms with van der Waals surface area (Å²) in [7, 11) is 0. The van der Waals surface area contributed by atoms with Crippen LogP contribution in [0.25, 0.3) is 0 Å². The molecular weight excluding hydrogens is 247 g/mol. The molecule has 0 aliphatic heterocycles. The van der Waals surface area contributed by atoms with Crippen LogP contribution in [0.15, 0.2) is 24.3 Å². The molecule has 0 bridgehead atoms. The molecular formula is C12H14F3NO2. The molecule has 100 valence electrons. The zero-order valence-corrected chi connectivity index (χ0v) is 9.87. The molecule has 0 spiro atoms. The predicted molar refractivity (Wildman–Crippen MR) is 60.1 cm³/mol. The molecule has 1 aromatic carbocycles. The van der Waals surface area contributed by atoms with Gasteiger partial charge in [0.25, 0.3) is 0 Å². The Morgan fingerprint density at radius 3 is 2.44 bits per heavy atom. The lowest BCUT2D eigenvalue weighted by atomic mass is 10.1. The minimum Gasteiger partial charge on any atom is -0.480 e. The first-order valence-electron chi connectivity index (χ1n) is 5.33. The van der Waals surface area contributed by atoms with Gasteiger partial charge in [-0.2, -0.15) is 13.2 Å². The lowest BCUT2D eigenvalue weighted by molar-refractivity contribution is -0.154. The van der Waals surface area contributed by atoms with E-state index >= 15 is 0 Å². The molecule has 0 fully saturated rings. The number of rotatable bonds is 5. The van der Waals surface area contributed by atoms with Crippen LogP contribution >= 0.6 is 0 Å². The zero-order valence-electron chi connectivity index (χ0n) is 9.87. The van der Waals surface area contributed by atoms with Crippen molar-refractivity contribution >= 4 is 5.97 Å². The Kier molecular flexibility index (Phi) is 4.72. The van der Waals surface area contributed by atoms with Crippen molar-refractivity contribution < 1.29 is 23.1 Å². The number of carboxylic acids is 1. The highest BCUT2D eigenvalue weighted by molar-refractivity contribution is 5.69. The van der Waals surface area contributed by atoms with Crippen molar-refractivity contribution in [1.29, 1.82) is 0 Å². The minimum atomic E-state index is -4.40. The molecule has 0 saturated heterocycles. The number of benzene rings is 1. The number of aliphatic carboxylic acids is 1. The van der Waals surface area contributed by atoms with Crippen molar-refractivity contribution in [2.45, 2.75) is 19.6 Å². The van der Waals surface area contributed by atoms with E-state index in [0.717, 1.165) is 10.5 Å². The van der Waals surface area contributed by atoms with Gasteiger partial charge in [-0.3, -0.25) is 9.69 Å². The molecule has 18 heavy (non-hydrogen) atoms. The van der Waals surface area contributed by atoms with Crippen LogP contribution in [0, 0.1) is 6.92 Å². The molecule has 1 aromatic rings. The maximum Gasteiger partial charge on any atom is 0.401 e. The molecule has 1 N–H and O–H groups in total. The molecule has 0 atom stereocenters. The van der Waals surface area contributed by atoms with E-state index in [0.29, 0.717) is 5.56 Å². The quantitative estimate of drug-likeness (QED) is 0.885. The van der Waals surface area contributed by atoms with Gasteiger partial charge in [0.05, 0.1) is 13.1 Å². The van der Waals surface area contributed by atoms with Gasteiger partial charge < -0.3 is 5.11 Å². The number of hydrogen-bond acceptors (Lipinski definition) is 2. The fourth-order valence-electron chi connectivity index (χ4n) is 1.64. The predicted octanol–water partition coefficient (Wildman–Crippen LogP) is 2.44. The molecule has 3 nitrogen and oxygen atoms in total. The lowest BCUT2D eigenvalue weighted by Crippen LogP contribution is -2.37. The Hall–Kier alpha value is -1.56. The molecule has 0 amide bonds. The molecule has 0 radical (unpaired) electrons. The summed E-state index contributed by atoms with van der Waals surface area (Å²) in [5, 5.41) is 8.62. The zero-order chi connectivity index (χ0) is 13.8. The Labute approximate surface area is 103 Å². The molecule has 0 aliphatic carbocycles. The van der Waals surface area contributed by atoms with Crippen molar-refractivity contribution in [2.75, 3.05) is 13.1 Å². The summed E-state index contributed by atoms with van der Waals surface area (Å²) in [5.74, 6) is -1.27. The summed E-state index contributed by atoms with van der Waals surface area (Å²) in [6.45, 7) is -0.109. The van der Waals surface area contributed by atoms with Gasteiger partial charge in [-0.05, 0) is 18.1 Å². The van der Waals surface area contributed by atoms with Gasteiger partial charge in [-0.1, -0.05) is 24.3 Å². The summed E-state index contributed by atoms with van der Waals surface area (Å²) < 4.78 is 37.0. The van der Waals surface area contributed by atoms with E-state index in [1.54, 1.807) is 31.2 Å². The van der Waals surface area contributed by atoms with Gasteiger partial charge in [-0.25, -0.2) is 0 Å². The van der Waals surface area contributed by atoms with Crippen LogP contribution in [-0.2, 0) is 11.3 Å². The second kappa shape index (κ2) is 5.86. The summed E-state index contributed by atoms with van der Waals surface area (Å²) in [5.41, 5.74) is 1.54. The maximum atomic E-state index is 12.3. The minimum absolute atomic E-state index is 0.0293. The second-order valence-corrected chi connectivity index (χ2v) is 4.08. The summed E-state index contributed by atoms with van der Waals surface area (Å²) in [6, 6.07) is 6.97. The smallest absolute Gasteiger partial charge is 0.401 e. The molecule has 0 unspecified atom stereocenters. The van der Waals surface area contributed by atoms with Gasteiger partial charge in [0.1, 0.15) is 0 Å². The topological polar surface area (TPSA) is 40.5 Å². The normalized spacial score (nSPS) is 11.8. The number of aryl methyl sites for hydroxylation is 1. The van der Waals surface area contributed by atoms with Crippen LogP contribution in [0.2, 0.25) is 0 Å². The molecule has 0 heterocycles. The van der Waals surface area contributed by atoms with Crippen LogP contribution in [-0.4, -0.2) is 35.2 Å². The standard InChI is InChI=1S/C12H14F3NO2/c1-9-4-2-3-5-10(9)6-16(7-11(17)18)8-12(13,14)15/h2-5H,6-8H2,1H3,(H,17,18). The number of carbonyl (C=O) groups is 1. The molecule has 0 saturated carbocycles. The van der Waals surface area contributed by atoms with E-state index in [2.05, 4.69) is 0 Å². The van der Waals surface area contributed by atoms with Gasteiger partial charge in [0.15, 0.2) is 0 Å². The molecule has 6 heteroatoms. The van der Waals surface area contributed by atoms with Crippen molar-refractivity contribution in [2.24, 2.45) is 0 Å². The first kappa shape index (κ1) is 14.5. The van der Waals surface area contributed by atoms with E-state index in [9.17, 15) is 18.0 Å². The van der Waals surface area contributed by atoms with Gasteiger partial charge >= 0.3 is 12.1 Å². The summed E-state index contributed by atoms with van der Waals surface area (Å²) in [6.07, 6.45) is -4.40. The Morgan fingerprint density at radius 2 is 1.94 bits per heavy atom. The van der Waals surface area contributed by atoms with E-state index in [-0.39, 0.29) is 6.54 Å². The lowest BCUT2D eigenvalue weighted by Gasteiger charge is -2.22. The highest BCUT2D eigenvalue weighted by Gasteiger charge is 2.31. The SMILES string of the molecule is Cc1ccccc1CN(CC(=O)O)CC(F)(F)F. The molecule has 0 aliphatic rings. The van der Waals surface area contributed by atoms with Gasteiger partial charge in [0, 0.05) is 6.54 Å². The van der Waals surface area contributed by atoms with E-state index in [1.165, 1.54) is 0 Å². The third kappa shape index (κ3) is 5.18.